The maximum atomic E-state index is 13.5. The van der Waals surface area contributed by atoms with E-state index in [1.807, 2.05) is 0 Å². The second-order valence-electron chi connectivity index (χ2n) is 5.13. The van der Waals surface area contributed by atoms with E-state index in [1.165, 1.54) is 6.07 Å². The Morgan fingerprint density at radius 1 is 1.35 bits per heavy atom. The van der Waals surface area contributed by atoms with Crippen LogP contribution in [0.1, 0.15) is 24.0 Å². The molecule has 0 atom stereocenters. The monoisotopic (exact) mass is 295 g/mol. The predicted octanol–water partition coefficient (Wildman–Crippen LogP) is 1.16. The molecule has 0 unspecified atom stereocenters. The number of amides is 1. The number of likely N-dealkylation sites (tertiary alicyclic amines) is 1. The molecule has 1 heterocycles. The van der Waals surface area contributed by atoms with Gasteiger partial charge in [-0.05, 0) is 43.6 Å². The highest BCUT2D eigenvalue weighted by Gasteiger charge is 2.23. The summed E-state index contributed by atoms with van der Waals surface area (Å²) < 4.78 is 13.5. The summed E-state index contributed by atoms with van der Waals surface area (Å²) in [4.78, 5) is 13.4. The normalized spacial score (nSPS) is 17.1. The summed E-state index contributed by atoms with van der Waals surface area (Å²) in [5.41, 5.74) is 12.0. The van der Waals surface area contributed by atoms with Crippen molar-refractivity contribution in [3.05, 3.63) is 35.1 Å². The Hall–Kier alpha value is -1.53. The predicted molar refractivity (Wildman–Crippen MR) is 79.5 cm³/mol. The highest BCUT2D eigenvalue weighted by Crippen LogP contribution is 2.19. The molecule has 0 bridgehead atoms. The van der Waals surface area contributed by atoms with E-state index in [0.717, 1.165) is 31.5 Å². The maximum Gasteiger partial charge on any atom is 0.220 e. The molecule has 1 aromatic carbocycles. The zero-order valence-corrected chi connectivity index (χ0v) is 12.0. The fraction of sp³-hybridized carbons (Fsp3) is 0.429. The van der Waals surface area contributed by atoms with Crippen LogP contribution in [-0.4, -0.2) is 28.9 Å². The molecule has 4 nitrogen and oxygen atoms in total. The molecule has 1 amide bonds. The van der Waals surface area contributed by atoms with Gasteiger partial charge in [0.1, 0.15) is 10.8 Å². The first kappa shape index (κ1) is 14.9. The van der Waals surface area contributed by atoms with Crippen LogP contribution >= 0.6 is 12.2 Å². The van der Waals surface area contributed by atoms with Crippen molar-refractivity contribution in [2.75, 3.05) is 13.1 Å². The molecule has 1 fully saturated rings. The van der Waals surface area contributed by atoms with Crippen molar-refractivity contribution >= 4 is 23.1 Å². The first-order chi connectivity index (χ1) is 9.47. The van der Waals surface area contributed by atoms with Gasteiger partial charge in [-0.3, -0.25) is 9.69 Å². The summed E-state index contributed by atoms with van der Waals surface area (Å²) in [6, 6.07) is 4.81. The number of halogens is 1. The molecule has 2 rings (SSSR count). The summed E-state index contributed by atoms with van der Waals surface area (Å²) in [6.45, 7) is 2.32. The zero-order valence-electron chi connectivity index (χ0n) is 11.1. The van der Waals surface area contributed by atoms with Crippen molar-refractivity contribution in [2.24, 2.45) is 17.4 Å². The zero-order chi connectivity index (χ0) is 14.7. The number of nitrogens with two attached hydrogens (primary N) is 2. The van der Waals surface area contributed by atoms with E-state index >= 15 is 0 Å². The Morgan fingerprint density at radius 2 is 2.00 bits per heavy atom. The van der Waals surface area contributed by atoms with Gasteiger partial charge in [-0.15, -0.1) is 0 Å². The smallest absolute Gasteiger partial charge is 0.220 e. The van der Waals surface area contributed by atoms with Crippen molar-refractivity contribution in [1.29, 1.82) is 0 Å². The number of hydrogen-bond donors (Lipinski definition) is 2. The average Bonchev–Trinajstić information content (AvgIpc) is 2.41. The highest BCUT2D eigenvalue weighted by molar-refractivity contribution is 7.80. The molecule has 1 aromatic rings. The summed E-state index contributed by atoms with van der Waals surface area (Å²) in [6.07, 6.45) is 1.55. The van der Waals surface area contributed by atoms with Crippen molar-refractivity contribution in [1.82, 2.24) is 4.90 Å². The van der Waals surface area contributed by atoms with Crippen LogP contribution in [0.4, 0.5) is 4.39 Å². The van der Waals surface area contributed by atoms with Gasteiger partial charge in [-0.25, -0.2) is 4.39 Å². The molecule has 0 aromatic heterocycles. The van der Waals surface area contributed by atoms with Gasteiger partial charge in [0, 0.05) is 18.0 Å². The molecule has 108 valence electrons. The van der Waals surface area contributed by atoms with Gasteiger partial charge in [0.05, 0.1) is 0 Å². The number of hydrogen-bond acceptors (Lipinski definition) is 3. The third-order valence-electron chi connectivity index (χ3n) is 3.69. The van der Waals surface area contributed by atoms with E-state index in [0.29, 0.717) is 6.54 Å². The minimum absolute atomic E-state index is 0.0216. The van der Waals surface area contributed by atoms with Crippen LogP contribution in [-0.2, 0) is 11.3 Å². The molecule has 1 aliphatic heterocycles. The first-order valence-corrected chi connectivity index (χ1v) is 6.98. The molecular weight excluding hydrogens is 277 g/mol. The SMILES string of the molecule is NC(=O)C1CCN(Cc2ccc(F)c(C(N)=S)c2)CC1. The van der Waals surface area contributed by atoms with Gasteiger partial charge in [0.15, 0.2) is 0 Å². The molecule has 0 aliphatic carbocycles. The fourth-order valence-corrected chi connectivity index (χ4v) is 2.65. The Balaban J connectivity index is 1.99. The summed E-state index contributed by atoms with van der Waals surface area (Å²) in [5.74, 6) is -0.637. The molecule has 0 spiro atoms. The lowest BCUT2D eigenvalue weighted by molar-refractivity contribution is -0.123. The largest absolute Gasteiger partial charge is 0.389 e. The Labute approximate surface area is 122 Å². The second-order valence-corrected chi connectivity index (χ2v) is 5.57. The van der Waals surface area contributed by atoms with Crippen LogP contribution in [0.15, 0.2) is 18.2 Å². The number of nitrogens with zero attached hydrogens (tertiary/aromatic N) is 1. The van der Waals surface area contributed by atoms with Crippen molar-refractivity contribution < 1.29 is 9.18 Å². The highest BCUT2D eigenvalue weighted by atomic mass is 32.1. The lowest BCUT2D eigenvalue weighted by Crippen LogP contribution is -2.38. The van der Waals surface area contributed by atoms with Gasteiger partial charge < -0.3 is 11.5 Å². The number of carbonyl (C=O) groups is 1. The number of rotatable bonds is 4. The fourth-order valence-electron chi connectivity index (χ4n) is 2.49. The molecule has 0 radical (unpaired) electrons. The van der Waals surface area contributed by atoms with E-state index in [4.69, 9.17) is 23.7 Å². The lowest BCUT2D eigenvalue weighted by atomic mass is 9.96. The van der Waals surface area contributed by atoms with Gasteiger partial charge >= 0.3 is 0 Å². The van der Waals surface area contributed by atoms with Crippen LogP contribution in [0.2, 0.25) is 0 Å². The number of thiocarbonyl (C=S) groups is 1. The molecule has 1 aliphatic rings. The Kier molecular flexibility index (Phi) is 4.67. The maximum absolute atomic E-state index is 13.5. The molecular formula is C14H18FN3OS. The number of piperidine rings is 1. The van der Waals surface area contributed by atoms with Crippen LogP contribution < -0.4 is 11.5 Å². The van der Waals surface area contributed by atoms with E-state index in [1.54, 1.807) is 12.1 Å². The summed E-state index contributed by atoms with van der Waals surface area (Å²) in [5, 5.41) is 0. The second kappa shape index (κ2) is 6.28. The van der Waals surface area contributed by atoms with Crippen LogP contribution in [0.5, 0.6) is 0 Å². The van der Waals surface area contributed by atoms with Crippen molar-refractivity contribution in [3.63, 3.8) is 0 Å². The summed E-state index contributed by atoms with van der Waals surface area (Å²) >= 11 is 4.83. The van der Waals surface area contributed by atoms with Gasteiger partial charge in [-0.2, -0.15) is 0 Å². The van der Waals surface area contributed by atoms with Gasteiger partial charge in [-0.1, -0.05) is 18.3 Å². The van der Waals surface area contributed by atoms with Gasteiger partial charge in [0.25, 0.3) is 0 Å². The number of carbonyl (C=O) groups excluding carboxylic acids is 1. The standard InChI is InChI=1S/C14H18FN3OS/c15-12-2-1-9(7-11(12)14(17)20)8-18-5-3-10(4-6-18)13(16)19/h1-2,7,10H,3-6,8H2,(H2,16,19)(H2,17,20). The third kappa shape index (κ3) is 3.52. The van der Waals surface area contributed by atoms with Crippen LogP contribution in [0.25, 0.3) is 0 Å². The van der Waals surface area contributed by atoms with Gasteiger partial charge in [0.2, 0.25) is 5.91 Å². The topological polar surface area (TPSA) is 72.4 Å². The molecule has 1 saturated heterocycles. The minimum atomic E-state index is -0.395. The van der Waals surface area contributed by atoms with Crippen LogP contribution in [0.3, 0.4) is 0 Å². The van der Waals surface area contributed by atoms with E-state index in [9.17, 15) is 9.18 Å². The third-order valence-corrected chi connectivity index (χ3v) is 3.91. The lowest BCUT2D eigenvalue weighted by Gasteiger charge is -2.30. The summed E-state index contributed by atoms with van der Waals surface area (Å²) in [7, 11) is 0. The molecule has 0 saturated carbocycles. The quantitative estimate of drug-likeness (QED) is 0.818. The molecule has 4 N–H and O–H groups in total. The Morgan fingerprint density at radius 3 is 2.55 bits per heavy atom. The molecule has 20 heavy (non-hydrogen) atoms. The number of benzene rings is 1. The first-order valence-electron chi connectivity index (χ1n) is 6.57. The van der Waals surface area contributed by atoms with E-state index in [-0.39, 0.29) is 22.4 Å². The van der Waals surface area contributed by atoms with E-state index < -0.39 is 5.82 Å². The van der Waals surface area contributed by atoms with Crippen LogP contribution in [0, 0.1) is 11.7 Å². The Bertz CT molecular complexity index is 527. The van der Waals surface area contributed by atoms with E-state index in [2.05, 4.69) is 4.90 Å². The van der Waals surface area contributed by atoms with Crippen molar-refractivity contribution in [3.8, 4) is 0 Å². The average molecular weight is 295 g/mol. The molecule has 6 heteroatoms. The minimum Gasteiger partial charge on any atom is -0.389 e. The number of primary amides is 1. The van der Waals surface area contributed by atoms with Crippen molar-refractivity contribution in [2.45, 2.75) is 19.4 Å².